The number of hydrogen-bond acceptors (Lipinski definition) is 4. The molecular formula is C13H18BrNO3S2. The zero-order chi connectivity index (χ0) is 14.8. The average Bonchev–Trinajstić information content (AvgIpc) is 2.92. The summed E-state index contributed by atoms with van der Waals surface area (Å²) in [6, 6.07) is 3.27. The molecule has 0 saturated carbocycles. The van der Waals surface area contributed by atoms with Gasteiger partial charge in [-0.2, -0.15) is 11.8 Å². The lowest BCUT2D eigenvalue weighted by atomic mass is 10.2. The second kappa shape index (κ2) is 6.79. The van der Waals surface area contributed by atoms with Crippen LogP contribution in [-0.4, -0.2) is 31.1 Å². The van der Waals surface area contributed by atoms with Gasteiger partial charge in [0.1, 0.15) is 0 Å². The third-order valence-corrected chi connectivity index (χ3v) is 7.13. The highest BCUT2D eigenvalue weighted by Gasteiger charge is 2.22. The number of hydrogen-bond donors (Lipinski definition) is 2. The first kappa shape index (κ1) is 16.3. The van der Waals surface area contributed by atoms with Crippen LogP contribution in [-0.2, 0) is 16.6 Å². The van der Waals surface area contributed by atoms with Crippen LogP contribution in [0.15, 0.2) is 21.5 Å². The number of nitrogens with one attached hydrogen (secondary N) is 1. The van der Waals surface area contributed by atoms with Gasteiger partial charge in [-0.15, -0.1) is 0 Å². The molecular weight excluding hydrogens is 362 g/mol. The van der Waals surface area contributed by atoms with E-state index in [0.29, 0.717) is 27.4 Å². The number of aliphatic hydroxyl groups is 1. The Morgan fingerprint density at radius 3 is 2.85 bits per heavy atom. The predicted molar refractivity (Wildman–Crippen MR) is 85.5 cm³/mol. The van der Waals surface area contributed by atoms with Crippen molar-refractivity contribution in [2.45, 2.75) is 36.5 Å². The van der Waals surface area contributed by atoms with E-state index in [4.69, 9.17) is 0 Å². The third-order valence-electron chi connectivity index (χ3n) is 3.35. The summed E-state index contributed by atoms with van der Waals surface area (Å²) >= 11 is 5.16. The van der Waals surface area contributed by atoms with Crippen LogP contribution in [0.3, 0.4) is 0 Å². The van der Waals surface area contributed by atoms with Crippen LogP contribution in [0, 0.1) is 6.92 Å². The maximum Gasteiger partial charge on any atom is 0.240 e. The van der Waals surface area contributed by atoms with E-state index >= 15 is 0 Å². The summed E-state index contributed by atoms with van der Waals surface area (Å²) in [7, 11) is -3.54. The number of thioether (sulfide) groups is 1. The monoisotopic (exact) mass is 379 g/mol. The van der Waals surface area contributed by atoms with Crippen molar-refractivity contribution < 1.29 is 13.5 Å². The Morgan fingerprint density at radius 2 is 2.25 bits per heavy atom. The second-order valence-electron chi connectivity index (χ2n) is 4.85. The van der Waals surface area contributed by atoms with Crippen molar-refractivity contribution in [2.24, 2.45) is 0 Å². The fourth-order valence-corrected chi connectivity index (χ4v) is 5.50. The van der Waals surface area contributed by atoms with Gasteiger partial charge in [0.2, 0.25) is 10.0 Å². The number of halogens is 1. The number of aliphatic hydroxyl groups excluding tert-OH is 1. The molecule has 4 nitrogen and oxygen atoms in total. The van der Waals surface area contributed by atoms with Crippen molar-refractivity contribution in [3.63, 3.8) is 0 Å². The first-order valence-corrected chi connectivity index (χ1v) is 9.77. The largest absolute Gasteiger partial charge is 0.392 e. The van der Waals surface area contributed by atoms with Gasteiger partial charge in [-0.25, -0.2) is 13.1 Å². The van der Waals surface area contributed by atoms with E-state index in [-0.39, 0.29) is 11.5 Å². The minimum atomic E-state index is -3.54. The molecule has 0 bridgehead atoms. The van der Waals surface area contributed by atoms with Gasteiger partial charge in [0.15, 0.2) is 0 Å². The van der Waals surface area contributed by atoms with E-state index in [2.05, 4.69) is 20.7 Å². The van der Waals surface area contributed by atoms with E-state index < -0.39 is 10.0 Å². The number of sulfonamides is 1. The summed E-state index contributed by atoms with van der Waals surface area (Å²) in [6.07, 6.45) is 2.22. The third kappa shape index (κ3) is 3.76. The quantitative estimate of drug-likeness (QED) is 0.824. The summed E-state index contributed by atoms with van der Waals surface area (Å²) < 4.78 is 28.2. The van der Waals surface area contributed by atoms with E-state index in [9.17, 15) is 13.5 Å². The summed E-state index contributed by atoms with van der Waals surface area (Å²) in [5.74, 6) is 1.11. The molecule has 1 aromatic rings. The maximum atomic E-state index is 12.4. The lowest BCUT2D eigenvalue weighted by Gasteiger charge is -2.14. The Kier molecular flexibility index (Phi) is 5.53. The first-order valence-electron chi connectivity index (χ1n) is 6.45. The van der Waals surface area contributed by atoms with Crippen molar-refractivity contribution in [1.82, 2.24) is 4.72 Å². The SMILES string of the molecule is Cc1c(Br)cc(CO)cc1S(=O)(=O)NCC1CCCS1. The molecule has 1 heterocycles. The van der Waals surface area contributed by atoms with Crippen molar-refractivity contribution in [3.8, 4) is 0 Å². The molecule has 1 fully saturated rings. The zero-order valence-electron chi connectivity index (χ0n) is 11.2. The van der Waals surface area contributed by atoms with Crippen molar-refractivity contribution in [2.75, 3.05) is 12.3 Å². The highest BCUT2D eigenvalue weighted by atomic mass is 79.9. The van der Waals surface area contributed by atoms with Gasteiger partial charge in [-0.3, -0.25) is 0 Å². The molecule has 1 unspecified atom stereocenters. The smallest absolute Gasteiger partial charge is 0.240 e. The topological polar surface area (TPSA) is 66.4 Å². The van der Waals surface area contributed by atoms with E-state index in [1.165, 1.54) is 6.07 Å². The van der Waals surface area contributed by atoms with E-state index in [1.54, 1.807) is 13.0 Å². The lowest BCUT2D eigenvalue weighted by Crippen LogP contribution is -2.30. The van der Waals surface area contributed by atoms with Crippen LogP contribution < -0.4 is 4.72 Å². The van der Waals surface area contributed by atoms with Gasteiger partial charge < -0.3 is 5.11 Å². The summed E-state index contributed by atoms with van der Waals surface area (Å²) in [5, 5.41) is 9.58. The van der Waals surface area contributed by atoms with Gasteiger partial charge in [-0.1, -0.05) is 15.9 Å². The molecule has 1 aliphatic heterocycles. The van der Waals surface area contributed by atoms with Gasteiger partial charge in [0.25, 0.3) is 0 Å². The highest BCUT2D eigenvalue weighted by molar-refractivity contribution is 9.10. The summed E-state index contributed by atoms with van der Waals surface area (Å²) in [6.45, 7) is 2.04. The Hall–Kier alpha value is -0.0800. The summed E-state index contributed by atoms with van der Waals surface area (Å²) in [5.41, 5.74) is 1.24. The number of benzene rings is 1. The van der Waals surface area contributed by atoms with E-state index in [0.717, 1.165) is 18.6 Å². The van der Waals surface area contributed by atoms with Crippen LogP contribution in [0.2, 0.25) is 0 Å². The first-order chi connectivity index (χ1) is 9.44. The van der Waals surface area contributed by atoms with Crippen molar-refractivity contribution >= 4 is 37.7 Å². The van der Waals surface area contributed by atoms with Gasteiger partial charge in [0, 0.05) is 16.3 Å². The fourth-order valence-electron chi connectivity index (χ4n) is 2.16. The Labute approximate surface area is 132 Å². The van der Waals surface area contributed by atoms with Gasteiger partial charge >= 0.3 is 0 Å². The molecule has 1 aromatic carbocycles. The lowest BCUT2D eigenvalue weighted by molar-refractivity contribution is 0.281. The highest BCUT2D eigenvalue weighted by Crippen LogP contribution is 2.28. The Bertz CT molecular complexity index is 584. The Morgan fingerprint density at radius 1 is 1.50 bits per heavy atom. The predicted octanol–water partition coefficient (Wildman–Crippen LogP) is 2.42. The minimum Gasteiger partial charge on any atom is -0.392 e. The van der Waals surface area contributed by atoms with Gasteiger partial charge in [-0.05, 0) is 48.8 Å². The van der Waals surface area contributed by atoms with Crippen molar-refractivity contribution in [3.05, 3.63) is 27.7 Å². The molecule has 1 saturated heterocycles. The molecule has 112 valence electrons. The molecule has 7 heteroatoms. The average molecular weight is 380 g/mol. The van der Waals surface area contributed by atoms with Crippen LogP contribution >= 0.6 is 27.7 Å². The molecule has 0 aromatic heterocycles. The molecule has 1 atom stereocenters. The van der Waals surface area contributed by atoms with Crippen LogP contribution in [0.1, 0.15) is 24.0 Å². The normalized spacial score (nSPS) is 19.4. The maximum absolute atomic E-state index is 12.4. The molecule has 0 spiro atoms. The molecule has 2 N–H and O–H groups in total. The standard InChI is InChI=1S/C13H18BrNO3S2/c1-9-12(14)5-10(8-16)6-13(9)20(17,18)15-7-11-3-2-4-19-11/h5-6,11,15-16H,2-4,7-8H2,1H3. The Balaban J connectivity index is 2.21. The van der Waals surface area contributed by atoms with Crippen molar-refractivity contribution in [1.29, 1.82) is 0 Å². The van der Waals surface area contributed by atoms with E-state index in [1.807, 2.05) is 11.8 Å². The fraction of sp³-hybridized carbons (Fsp3) is 0.538. The molecule has 20 heavy (non-hydrogen) atoms. The zero-order valence-corrected chi connectivity index (χ0v) is 14.4. The minimum absolute atomic E-state index is 0.181. The van der Waals surface area contributed by atoms with Crippen LogP contribution in [0.5, 0.6) is 0 Å². The second-order valence-corrected chi connectivity index (χ2v) is 8.84. The number of rotatable bonds is 5. The molecule has 0 aliphatic carbocycles. The summed E-state index contributed by atoms with van der Waals surface area (Å²) in [4.78, 5) is 0.235. The van der Waals surface area contributed by atoms with Crippen LogP contribution in [0.4, 0.5) is 0 Å². The molecule has 0 radical (unpaired) electrons. The van der Waals surface area contributed by atoms with Gasteiger partial charge in [0.05, 0.1) is 11.5 Å². The molecule has 2 rings (SSSR count). The molecule has 0 amide bonds. The van der Waals surface area contributed by atoms with Crippen LogP contribution in [0.25, 0.3) is 0 Å². The molecule has 1 aliphatic rings.